The van der Waals surface area contributed by atoms with Crippen LogP contribution < -0.4 is 11.2 Å². The van der Waals surface area contributed by atoms with Crippen LogP contribution in [0.5, 0.6) is 5.75 Å². The number of hydrogen-bond donors (Lipinski definition) is 2. The van der Waals surface area contributed by atoms with Gasteiger partial charge in [0.15, 0.2) is 5.75 Å². The summed E-state index contributed by atoms with van der Waals surface area (Å²) in [6.45, 7) is 6.84. The minimum Gasteiger partial charge on any atom is -0.503 e. The van der Waals surface area contributed by atoms with E-state index in [2.05, 4.69) is 11.9 Å². The Morgan fingerprint density at radius 3 is 2.76 bits per heavy atom. The molecule has 5 nitrogen and oxygen atoms in total. The molecule has 0 aliphatic heterocycles. The number of benzene rings is 1. The number of pyridine rings is 1. The molecule has 0 saturated carbocycles. The van der Waals surface area contributed by atoms with Gasteiger partial charge in [0.2, 0.25) is 5.43 Å². The summed E-state index contributed by atoms with van der Waals surface area (Å²) < 4.78 is 1.84. The Hall–Kier alpha value is -2.82. The highest BCUT2D eigenvalue weighted by molar-refractivity contribution is 6.09. The molecule has 0 bridgehead atoms. The van der Waals surface area contributed by atoms with Crippen LogP contribution in [0.1, 0.15) is 44.4 Å². The van der Waals surface area contributed by atoms with Crippen molar-refractivity contribution >= 4 is 11.8 Å². The Morgan fingerprint density at radius 1 is 1.36 bits per heavy atom. The lowest BCUT2D eigenvalue weighted by Gasteiger charge is -2.17. The molecule has 5 heteroatoms. The lowest BCUT2D eigenvalue weighted by molar-refractivity contribution is 0.463. The predicted molar refractivity (Wildman–Crippen MR) is 104 cm³/mol. The monoisotopic (exact) mass is 339 g/mol. The summed E-state index contributed by atoms with van der Waals surface area (Å²) in [6.07, 6.45) is 5.75. The molecule has 132 valence electrons. The Labute approximate surface area is 148 Å². The summed E-state index contributed by atoms with van der Waals surface area (Å²) >= 11 is 0. The normalized spacial score (nSPS) is 12.2. The number of aromatic hydroxyl groups is 1. The third-order valence-corrected chi connectivity index (χ3v) is 3.87. The average molecular weight is 339 g/mol. The van der Waals surface area contributed by atoms with Gasteiger partial charge in [-0.25, -0.2) is 0 Å². The fourth-order valence-electron chi connectivity index (χ4n) is 2.55. The molecular formula is C20H25N3O2. The van der Waals surface area contributed by atoms with Crippen LogP contribution in [-0.4, -0.2) is 22.4 Å². The molecule has 0 radical (unpaired) electrons. The third kappa shape index (κ3) is 4.38. The minimum atomic E-state index is -0.370. The molecule has 2 rings (SSSR count). The number of aliphatic imine (C=N–C) groups is 1. The summed E-state index contributed by atoms with van der Waals surface area (Å²) in [5.74, 6) is -0.138. The zero-order valence-corrected chi connectivity index (χ0v) is 14.9. The van der Waals surface area contributed by atoms with Crippen LogP contribution in [0.25, 0.3) is 11.3 Å². The minimum absolute atomic E-state index is 0.132. The SMILES string of the molecule is CCCN=CC(=CN)c1cccc(-n2cc(O)c(=O)cc2C(C)C)c1. The van der Waals surface area contributed by atoms with Crippen molar-refractivity contribution in [1.82, 2.24) is 4.57 Å². The van der Waals surface area contributed by atoms with Crippen molar-refractivity contribution in [2.45, 2.75) is 33.1 Å². The molecule has 0 spiro atoms. The summed E-state index contributed by atoms with van der Waals surface area (Å²) in [5, 5.41) is 9.85. The van der Waals surface area contributed by atoms with Gasteiger partial charge in [-0.2, -0.15) is 0 Å². The first kappa shape index (κ1) is 18.5. The van der Waals surface area contributed by atoms with Gasteiger partial charge in [0, 0.05) is 42.0 Å². The van der Waals surface area contributed by atoms with E-state index in [4.69, 9.17) is 5.73 Å². The first-order valence-corrected chi connectivity index (χ1v) is 8.46. The summed E-state index contributed by atoms with van der Waals surface area (Å²) in [6, 6.07) is 9.25. The van der Waals surface area contributed by atoms with E-state index >= 15 is 0 Å². The van der Waals surface area contributed by atoms with E-state index in [9.17, 15) is 9.90 Å². The van der Waals surface area contributed by atoms with Crippen molar-refractivity contribution in [2.24, 2.45) is 10.7 Å². The van der Waals surface area contributed by atoms with Crippen molar-refractivity contribution < 1.29 is 5.11 Å². The molecule has 1 aromatic carbocycles. The van der Waals surface area contributed by atoms with E-state index in [1.165, 1.54) is 18.5 Å². The van der Waals surface area contributed by atoms with Crippen LogP contribution in [0.3, 0.4) is 0 Å². The van der Waals surface area contributed by atoms with Gasteiger partial charge in [-0.15, -0.1) is 0 Å². The molecule has 1 aromatic heterocycles. The molecule has 0 amide bonds. The maximum absolute atomic E-state index is 11.8. The van der Waals surface area contributed by atoms with E-state index in [1.54, 1.807) is 6.21 Å². The summed E-state index contributed by atoms with van der Waals surface area (Å²) in [4.78, 5) is 16.1. The van der Waals surface area contributed by atoms with Crippen LogP contribution in [0.15, 0.2) is 52.5 Å². The third-order valence-electron chi connectivity index (χ3n) is 3.87. The maximum Gasteiger partial charge on any atom is 0.223 e. The fourth-order valence-corrected chi connectivity index (χ4v) is 2.55. The standard InChI is InChI=1S/C20H25N3O2/c1-4-8-22-12-16(11-21)15-6-5-7-17(9-15)23-13-20(25)19(24)10-18(23)14(2)3/h5-7,9-14,25H,4,8,21H2,1-3H3. The Balaban J connectivity index is 2.52. The van der Waals surface area contributed by atoms with Gasteiger partial charge in [0.25, 0.3) is 0 Å². The van der Waals surface area contributed by atoms with Crippen molar-refractivity contribution in [1.29, 1.82) is 0 Å². The highest BCUT2D eigenvalue weighted by Gasteiger charge is 2.11. The number of nitrogens with zero attached hydrogens (tertiary/aromatic N) is 2. The Morgan fingerprint density at radius 2 is 2.12 bits per heavy atom. The first-order valence-electron chi connectivity index (χ1n) is 8.46. The number of nitrogens with two attached hydrogens (primary N) is 1. The Kier molecular flexibility index (Phi) is 6.17. The first-order chi connectivity index (χ1) is 12.0. The van der Waals surface area contributed by atoms with Gasteiger partial charge >= 0.3 is 0 Å². The van der Waals surface area contributed by atoms with Gasteiger partial charge in [-0.3, -0.25) is 9.79 Å². The van der Waals surface area contributed by atoms with Crippen LogP contribution in [0, 0.1) is 0 Å². The van der Waals surface area contributed by atoms with Gasteiger partial charge in [0.05, 0.1) is 6.20 Å². The molecule has 25 heavy (non-hydrogen) atoms. The number of aromatic nitrogens is 1. The van der Waals surface area contributed by atoms with Crippen LogP contribution >= 0.6 is 0 Å². The van der Waals surface area contributed by atoms with E-state index in [0.717, 1.165) is 35.5 Å². The molecule has 3 N–H and O–H groups in total. The highest BCUT2D eigenvalue weighted by Crippen LogP contribution is 2.23. The van der Waals surface area contributed by atoms with Gasteiger partial charge in [-0.1, -0.05) is 32.9 Å². The zero-order valence-electron chi connectivity index (χ0n) is 14.9. The number of hydrogen-bond acceptors (Lipinski definition) is 4. The van der Waals surface area contributed by atoms with Crippen LogP contribution in [0.2, 0.25) is 0 Å². The molecule has 2 aromatic rings. The van der Waals surface area contributed by atoms with Crippen molar-refractivity contribution in [2.75, 3.05) is 6.54 Å². The molecule has 0 unspecified atom stereocenters. The predicted octanol–water partition coefficient (Wildman–Crippen LogP) is 3.45. The second-order valence-electron chi connectivity index (χ2n) is 6.18. The molecule has 0 atom stereocenters. The van der Waals surface area contributed by atoms with E-state index in [-0.39, 0.29) is 17.1 Å². The van der Waals surface area contributed by atoms with Crippen LogP contribution in [0.4, 0.5) is 0 Å². The molecule has 0 aliphatic rings. The average Bonchev–Trinajstić information content (AvgIpc) is 2.60. The molecule has 0 fully saturated rings. The lowest BCUT2D eigenvalue weighted by Crippen LogP contribution is -2.12. The van der Waals surface area contributed by atoms with Crippen molar-refractivity contribution in [3.63, 3.8) is 0 Å². The molecular weight excluding hydrogens is 314 g/mol. The summed E-state index contributed by atoms with van der Waals surface area (Å²) in [5.41, 5.74) is 8.81. The molecule has 1 heterocycles. The van der Waals surface area contributed by atoms with Crippen molar-refractivity contribution in [3.05, 3.63) is 64.2 Å². The zero-order chi connectivity index (χ0) is 18.4. The molecule has 0 aliphatic carbocycles. The van der Waals surface area contributed by atoms with Crippen molar-refractivity contribution in [3.8, 4) is 11.4 Å². The lowest BCUT2D eigenvalue weighted by atomic mass is 10.1. The quantitative estimate of drug-likeness (QED) is 0.791. The fraction of sp³-hybridized carbons (Fsp3) is 0.300. The van der Waals surface area contributed by atoms with Crippen LogP contribution in [-0.2, 0) is 0 Å². The van der Waals surface area contributed by atoms with Gasteiger partial charge < -0.3 is 15.4 Å². The Bertz CT molecular complexity index is 848. The van der Waals surface area contributed by atoms with E-state index in [0.29, 0.717) is 0 Å². The van der Waals surface area contributed by atoms with E-state index in [1.807, 2.05) is 42.7 Å². The summed E-state index contributed by atoms with van der Waals surface area (Å²) in [7, 11) is 0. The largest absolute Gasteiger partial charge is 0.503 e. The maximum atomic E-state index is 11.8. The smallest absolute Gasteiger partial charge is 0.223 e. The van der Waals surface area contributed by atoms with E-state index < -0.39 is 0 Å². The van der Waals surface area contributed by atoms with Gasteiger partial charge in [0.1, 0.15) is 0 Å². The second kappa shape index (κ2) is 8.33. The number of rotatable bonds is 6. The number of allylic oxidation sites excluding steroid dienone is 1. The topological polar surface area (TPSA) is 80.6 Å². The van der Waals surface area contributed by atoms with Gasteiger partial charge in [-0.05, 0) is 30.0 Å². The molecule has 0 saturated heterocycles. The highest BCUT2D eigenvalue weighted by atomic mass is 16.3. The second-order valence-corrected chi connectivity index (χ2v) is 6.18.